The average Bonchev–Trinajstić information content (AvgIpc) is 3.09. The van der Waals surface area contributed by atoms with Gasteiger partial charge < -0.3 is 4.90 Å². The second-order valence-electron chi connectivity index (χ2n) is 5.71. The van der Waals surface area contributed by atoms with E-state index in [0.717, 1.165) is 6.07 Å². The molecule has 1 aliphatic rings. The molecule has 1 fully saturated rings. The number of hydrogen-bond donors (Lipinski definition) is 0. The normalized spacial score (nSPS) is 15.8. The van der Waals surface area contributed by atoms with Crippen molar-refractivity contribution >= 4 is 5.91 Å². The molecular weight excluding hydrogens is 302 g/mol. The third-order valence-corrected chi connectivity index (χ3v) is 4.30. The molecule has 0 aliphatic carbocycles. The number of rotatable bonds is 4. The van der Waals surface area contributed by atoms with E-state index in [1.165, 1.54) is 6.07 Å². The summed E-state index contributed by atoms with van der Waals surface area (Å²) >= 11 is 0. The van der Waals surface area contributed by atoms with Gasteiger partial charge in [-0.3, -0.25) is 9.48 Å². The van der Waals surface area contributed by atoms with Crippen LogP contribution in [-0.4, -0.2) is 38.9 Å². The van der Waals surface area contributed by atoms with Crippen molar-refractivity contribution in [2.75, 3.05) is 13.1 Å². The number of nitrogens with zero attached hydrogens (tertiary/aromatic N) is 4. The first-order valence-electron chi connectivity index (χ1n) is 7.71. The summed E-state index contributed by atoms with van der Waals surface area (Å²) < 4.78 is 28.8. The number of amides is 1. The number of aryl methyl sites for hydroxylation is 1. The summed E-state index contributed by atoms with van der Waals surface area (Å²) in [5, 5.41) is 7.52. The van der Waals surface area contributed by atoms with Crippen LogP contribution in [0.15, 0.2) is 30.6 Å². The lowest BCUT2D eigenvalue weighted by atomic mass is 9.89. The van der Waals surface area contributed by atoms with E-state index in [0.29, 0.717) is 44.5 Å². The third-order valence-electron chi connectivity index (χ3n) is 4.30. The topological polar surface area (TPSA) is 51.0 Å². The van der Waals surface area contributed by atoms with Gasteiger partial charge in [0.15, 0.2) is 11.6 Å². The maximum Gasteiger partial charge on any atom is 0.224 e. The first-order chi connectivity index (χ1) is 11.1. The molecule has 0 saturated carbocycles. The quantitative estimate of drug-likeness (QED) is 0.869. The van der Waals surface area contributed by atoms with Crippen LogP contribution in [0, 0.1) is 11.6 Å². The molecule has 0 unspecified atom stereocenters. The number of carbonyl (C=O) groups is 1. The van der Waals surface area contributed by atoms with Crippen LogP contribution in [0.5, 0.6) is 0 Å². The largest absolute Gasteiger partial charge is 0.343 e. The summed E-state index contributed by atoms with van der Waals surface area (Å²) in [7, 11) is 0. The number of piperidine rings is 1. The number of halogens is 2. The van der Waals surface area contributed by atoms with Crippen LogP contribution in [0.2, 0.25) is 0 Å². The summed E-state index contributed by atoms with van der Waals surface area (Å²) in [6.45, 7) is 1.63. The molecule has 0 radical (unpaired) electrons. The molecule has 3 rings (SSSR count). The van der Waals surface area contributed by atoms with Crippen molar-refractivity contribution < 1.29 is 13.6 Å². The Morgan fingerprint density at radius 2 is 2.04 bits per heavy atom. The van der Waals surface area contributed by atoms with Gasteiger partial charge in [0.2, 0.25) is 5.91 Å². The molecule has 0 N–H and O–H groups in total. The van der Waals surface area contributed by atoms with Gasteiger partial charge in [-0.1, -0.05) is 17.3 Å². The molecule has 0 spiro atoms. The zero-order chi connectivity index (χ0) is 16.2. The minimum Gasteiger partial charge on any atom is -0.343 e. The number of aromatic nitrogens is 3. The van der Waals surface area contributed by atoms with E-state index < -0.39 is 11.6 Å². The van der Waals surface area contributed by atoms with Crippen molar-refractivity contribution in [2.45, 2.75) is 31.7 Å². The Morgan fingerprint density at radius 3 is 2.74 bits per heavy atom. The molecule has 1 aromatic carbocycles. The van der Waals surface area contributed by atoms with Crippen molar-refractivity contribution in [3.8, 4) is 0 Å². The summed E-state index contributed by atoms with van der Waals surface area (Å²) in [6.07, 6.45) is 4.95. The molecule has 2 heterocycles. The molecule has 1 aromatic heterocycles. The Hall–Kier alpha value is -2.31. The Morgan fingerprint density at radius 1 is 1.26 bits per heavy atom. The highest BCUT2D eigenvalue weighted by molar-refractivity contribution is 5.76. The molecule has 1 amide bonds. The zero-order valence-electron chi connectivity index (χ0n) is 12.7. The third kappa shape index (κ3) is 3.55. The summed E-state index contributed by atoms with van der Waals surface area (Å²) in [4.78, 5) is 14.0. The Kier molecular flexibility index (Phi) is 4.64. The van der Waals surface area contributed by atoms with Gasteiger partial charge in [0.25, 0.3) is 0 Å². The lowest BCUT2D eigenvalue weighted by Crippen LogP contribution is -2.38. The smallest absolute Gasteiger partial charge is 0.224 e. The van der Waals surface area contributed by atoms with Crippen LogP contribution < -0.4 is 0 Å². The molecule has 0 atom stereocenters. The van der Waals surface area contributed by atoms with E-state index in [-0.39, 0.29) is 11.8 Å². The lowest BCUT2D eigenvalue weighted by molar-refractivity contribution is -0.132. The van der Waals surface area contributed by atoms with E-state index in [2.05, 4.69) is 10.3 Å². The van der Waals surface area contributed by atoms with E-state index in [4.69, 9.17) is 0 Å². The highest BCUT2D eigenvalue weighted by Crippen LogP contribution is 2.30. The fraction of sp³-hybridized carbons (Fsp3) is 0.438. The fourth-order valence-corrected chi connectivity index (χ4v) is 3.00. The van der Waals surface area contributed by atoms with Gasteiger partial charge in [0.05, 0.1) is 12.7 Å². The Bertz CT molecular complexity index is 667. The maximum absolute atomic E-state index is 13.8. The molecule has 7 heteroatoms. The van der Waals surface area contributed by atoms with Crippen LogP contribution in [0.3, 0.4) is 0 Å². The Labute approximate surface area is 132 Å². The SMILES string of the molecule is O=C(CCn1ccnn1)N1CCC(c2cccc(F)c2F)CC1. The molecular formula is C16H18F2N4O. The van der Waals surface area contributed by atoms with Crippen molar-refractivity contribution in [1.29, 1.82) is 0 Å². The number of carbonyl (C=O) groups excluding carboxylic acids is 1. The molecule has 122 valence electrons. The van der Waals surface area contributed by atoms with Crippen LogP contribution in [-0.2, 0) is 11.3 Å². The van der Waals surface area contributed by atoms with Crippen molar-refractivity contribution in [1.82, 2.24) is 19.9 Å². The monoisotopic (exact) mass is 320 g/mol. The minimum absolute atomic E-state index is 0.0370. The van der Waals surface area contributed by atoms with Crippen molar-refractivity contribution in [2.24, 2.45) is 0 Å². The van der Waals surface area contributed by atoms with Gasteiger partial charge >= 0.3 is 0 Å². The maximum atomic E-state index is 13.8. The molecule has 0 bridgehead atoms. The standard InChI is InChI=1S/C16H18F2N4O/c17-14-3-1-2-13(16(14)18)12-4-8-21(9-5-12)15(23)6-10-22-11-7-19-20-22/h1-3,7,11-12H,4-6,8-10H2. The van der Waals surface area contributed by atoms with Crippen LogP contribution in [0.25, 0.3) is 0 Å². The van der Waals surface area contributed by atoms with Gasteiger partial charge in [0.1, 0.15) is 0 Å². The first kappa shape index (κ1) is 15.6. The lowest BCUT2D eigenvalue weighted by Gasteiger charge is -2.32. The first-order valence-corrected chi connectivity index (χ1v) is 7.71. The number of likely N-dealkylation sites (tertiary alicyclic amines) is 1. The summed E-state index contributed by atoms with van der Waals surface area (Å²) in [5.74, 6) is -1.55. The highest BCUT2D eigenvalue weighted by Gasteiger charge is 2.26. The predicted molar refractivity (Wildman–Crippen MR) is 79.6 cm³/mol. The van der Waals surface area contributed by atoms with E-state index in [1.807, 2.05) is 0 Å². The second-order valence-corrected chi connectivity index (χ2v) is 5.71. The molecule has 1 saturated heterocycles. The molecule has 2 aromatic rings. The number of hydrogen-bond acceptors (Lipinski definition) is 3. The number of benzene rings is 1. The van der Waals surface area contributed by atoms with Crippen LogP contribution >= 0.6 is 0 Å². The summed E-state index contributed by atoms with van der Waals surface area (Å²) in [5.41, 5.74) is 0.416. The van der Waals surface area contributed by atoms with Gasteiger partial charge in [-0.25, -0.2) is 8.78 Å². The summed E-state index contributed by atoms with van der Waals surface area (Å²) in [6, 6.07) is 4.29. The van der Waals surface area contributed by atoms with Crippen molar-refractivity contribution in [3.63, 3.8) is 0 Å². The Balaban J connectivity index is 1.53. The van der Waals surface area contributed by atoms with Gasteiger partial charge in [0, 0.05) is 25.7 Å². The molecule has 23 heavy (non-hydrogen) atoms. The van der Waals surface area contributed by atoms with E-state index in [9.17, 15) is 13.6 Å². The van der Waals surface area contributed by atoms with Crippen LogP contribution in [0.1, 0.15) is 30.7 Å². The molecule has 1 aliphatic heterocycles. The van der Waals surface area contributed by atoms with Crippen LogP contribution in [0.4, 0.5) is 8.78 Å². The highest BCUT2D eigenvalue weighted by atomic mass is 19.2. The predicted octanol–water partition coefficient (Wildman–Crippen LogP) is 2.35. The van der Waals surface area contributed by atoms with E-state index >= 15 is 0 Å². The van der Waals surface area contributed by atoms with Gasteiger partial charge in [-0.15, -0.1) is 5.10 Å². The molecule has 5 nitrogen and oxygen atoms in total. The minimum atomic E-state index is -0.811. The second kappa shape index (κ2) is 6.85. The zero-order valence-corrected chi connectivity index (χ0v) is 12.7. The van der Waals surface area contributed by atoms with E-state index in [1.54, 1.807) is 28.0 Å². The van der Waals surface area contributed by atoms with Crippen molar-refractivity contribution in [3.05, 3.63) is 47.8 Å². The van der Waals surface area contributed by atoms with Gasteiger partial charge in [-0.2, -0.15) is 0 Å². The fourth-order valence-electron chi connectivity index (χ4n) is 3.00. The average molecular weight is 320 g/mol. The van der Waals surface area contributed by atoms with Gasteiger partial charge in [-0.05, 0) is 30.4 Å².